The standard InChI is InChI=1S/C16H21N5O/c1-4-13(18-5-2)11-19-12(3)20-14-7-6-8-15(9-14)21-16(22)10-17/h4-9,11,18,20H,2-3,10,17H2,1H3,(H,21,22)/b13-4+,19-11-. The van der Waals surface area contributed by atoms with Gasteiger partial charge in [-0.25, -0.2) is 4.99 Å². The van der Waals surface area contributed by atoms with E-state index in [0.717, 1.165) is 11.4 Å². The molecule has 0 aromatic heterocycles. The number of rotatable bonds is 8. The van der Waals surface area contributed by atoms with E-state index in [2.05, 4.69) is 34.1 Å². The van der Waals surface area contributed by atoms with Gasteiger partial charge in [0.15, 0.2) is 0 Å². The number of hydrogen-bond acceptors (Lipinski definition) is 5. The molecule has 0 aliphatic rings. The van der Waals surface area contributed by atoms with Crippen LogP contribution in [0.5, 0.6) is 0 Å². The van der Waals surface area contributed by atoms with Crippen molar-refractivity contribution in [3.8, 4) is 0 Å². The van der Waals surface area contributed by atoms with Gasteiger partial charge in [-0.05, 0) is 31.3 Å². The van der Waals surface area contributed by atoms with Crippen LogP contribution in [0, 0.1) is 0 Å². The van der Waals surface area contributed by atoms with Crippen molar-refractivity contribution in [3.63, 3.8) is 0 Å². The molecular weight excluding hydrogens is 278 g/mol. The first-order valence-corrected chi connectivity index (χ1v) is 6.72. The fourth-order valence-corrected chi connectivity index (χ4v) is 1.55. The van der Waals surface area contributed by atoms with E-state index in [0.29, 0.717) is 11.5 Å². The molecule has 6 nitrogen and oxygen atoms in total. The van der Waals surface area contributed by atoms with Crippen LogP contribution in [0.4, 0.5) is 11.4 Å². The number of allylic oxidation sites excluding steroid dienone is 2. The summed E-state index contributed by atoms with van der Waals surface area (Å²) in [7, 11) is 0. The lowest BCUT2D eigenvalue weighted by molar-refractivity contribution is -0.114. The van der Waals surface area contributed by atoms with Crippen LogP contribution < -0.4 is 21.7 Å². The predicted octanol–water partition coefficient (Wildman–Crippen LogP) is 2.17. The number of carbonyl (C=O) groups is 1. The van der Waals surface area contributed by atoms with Crippen LogP contribution in [-0.2, 0) is 4.79 Å². The van der Waals surface area contributed by atoms with E-state index in [1.807, 2.05) is 25.1 Å². The molecule has 0 bridgehead atoms. The van der Waals surface area contributed by atoms with Gasteiger partial charge in [-0.3, -0.25) is 4.79 Å². The van der Waals surface area contributed by atoms with Crippen molar-refractivity contribution in [1.82, 2.24) is 5.32 Å². The second kappa shape index (κ2) is 9.15. The average Bonchev–Trinajstić information content (AvgIpc) is 2.51. The zero-order valence-electron chi connectivity index (χ0n) is 12.6. The lowest BCUT2D eigenvalue weighted by atomic mass is 10.2. The number of aliphatic imine (C=N–C) groups is 1. The van der Waals surface area contributed by atoms with Gasteiger partial charge in [0.25, 0.3) is 0 Å². The number of nitrogens with two attached hydrogens (primary N) is 1. The summed E-state index contributed by atoms with van der Waals surface area (Å²) in [6.45, 7) is 9.24. The molecule has 5 N–H and O–H groups in total. The van der Waals surface area contributed by atoms with Crippen molar-refractivity contribution in [2.75, 3.05) is 17.2 Å². The molecule has 0 fully saturated rings. The Kier molecular flexibility index (Phi) is 7.15. The van der Waals surface area contributed by atoms with Crippen molar-refractivity contribution < 1.29 is 4.79 Å². The molecule has 1 amide bonds. The Bertz CT molecular complexity index is 604. The van der Waals surface area contributed by atoms with E-state index in [1.165, 1.54) is 0 Å². The Balaban J connectivity index is 2.68. The number of hydrogen-bond donors (Lipinski definition) is 4. The van der Waals surface area contributed by atoms with Gasteiger partial charge in [0.1, 0.15) is 5.82 Å². The number of amides is 1. The first-order chi connectivity index (χ1) is 10.6. The normalized spacial score (nSPS) is 11.1. The third-order valence-corrected chi connectivity index (χ3v) is 2.56. The number of benzene rings is 1. The van der Waals surface area contributed by atoms with E-state index >= 15 is 0 Å². The summed E-state index contributed by atoms with van der Waals surface area (Å²) in [4.78, 5) is 15.5. The van der Waals surface area contributed by atoms with Gasteiger partial charge in [0.05, 0.1) is 18.5 Å². The molecule has 1 rings (SSSR count). The smallest absolute Gasteiger partial charge is 0.238 e. The highest BCUT2D eigenvalue weighted by molar-refractivity contribution is 5.92. The summed E-state index contributed by atoms with van der Waals surface area (Å²) in [5.74, 6) is 0.217. The van der Waals surface area contributed by atoms with E-state index in [4.69, 9.17) is 5.73 Å². The minimum absolute atomic E-state index is 0.0584. The largest absolute Gasteiger partial charge is 0.361 e. The predicted molar refractivity (Wildman–Crippen MR) is 92.5 cm³/mol. The molecule has 0 saturated heterocycles. The van der Waals surface area contributed by atoms with Crippen molar-refractivity contribution in [2.45, 2.75) is 6.92 Å². The minimum Gasteiger partial charge on any atom is -0.361 e. The molecule has 0 heterocycles. The molecule has 6 heteroatoms. The molecular formula is C16H21N5O. The Morgan fingerprint density at radius 1 is 1.36 bits per heavy atom. The maximum atomic E-state index is 11.3. The third kappa shape index (κ3) is 6.06. The van der Waals surface area contributed by atoms with Crippen LogP contribution in [0.2, 0.25) is 0 Å². The van der Waals surface area contributed by atoms with Crippen LogP contribution in [0.1, 0.15) is 6.92 Å². The zero-order valence-corrected chi connectivity index (χ0v) is 12.6. The highest BCUT2D eigenvalue weighted by atomic mass is 16.1. The Hall–Kier alpha value is -2.86. The Morgan fingerprint density at radius 3 is 2.64 bits per heavy atom. The molecule has 0 aliphatic heterocycles. The summed E-state index contributed by atoms with van der Waals surface area (Å²) in [5.41, 5.74) is 7.48. The van der Waals surface area contributed by atoms with Gasteiger partial charge in [-0.2, -0.15) is 0 Å². The molecule has 0 atom stereocenters. The minimum atomic E-state index is -0.248. The number of carbonyl (C=O) groups excluding carboxylic acids is 1. The van der Waals surface area contributed by atoms with Crippen LogP contribution in [0.15, 0.2) is 66.2 Å². The summed E-state index contributed by atoms with van der Waals surface area (Å²) >= 11 is 0. The molecule has 0 saturated carbocycles. The lowest BCUT2D eigenvalue weighted by Crippen LogP contribution is -2.21. The highest BCUT2D eigenvalue weighted by Crippen LogP contribution is 2.16. The SMILES string of the molecule is C=CNC(/C=N\C(=C)Nc1cccc(NC(=O)CN)c1)=C/C. The monoisotopic (exact) mass is 299 g/mol. The molecule has 0 aliphatic carbocycles. The first-order valence-electron chi connectivity index (χ1n) is 6.72. The Labute approximate surface area is 130 Å². The molecule has 0 radical (unpaired) electrons. The maximum Gasteiger partial charge on any atom is 0.238 e. The molecule has 1 aromatic rings. The third-order valence-electron chi connectivity index (χ3n) is 2.56. The number of anilines is 2. The molecule has 22 heavy (non-hydrogen) atoms. The summed E-state index contributed by atoms with van der Waals surface area (Å²) in [5, 5.41) is 8.65. The average molecular weight is 299 g/mol. The second-order valence-corrected chi connectivity index (χ2v) is 4.26. The van der Waals surface area contributed by atoms with Crippen LogP contribution in [0.25, 0.3) is 0 Å². The van der Waals surface area contributed by atoms with Crippen LogP contribution >= 0.6 is 0 Å². The van der Waals surface area contributed by atoms with Gasteiger partial charge in [0, 0.05) is 11.4 Å². The van der Waals surface area contributed by atoms with Crippen LogP contribution in [-0.4, -0.2) is 18.7 Å². The van der Waals surface area contributed by atoms with Crippen molar-refractivity contribution >= 4 is 23.5 Å². The fraction of sp³-hybridized carbons (Fsp3) is 0.125. The highest BCUT2D eigenvalue weighted by Gasteiger charge is 2.00. The molecule has 1 aromatic carbocycles. The lowest BCUT2D eigenvalue weighted by Gasteiger charge is -2.09. The molecule has 0 spiro atoms. The number of nitrogens with one attached hydrogen (secondary N) is 3. The van der Waals surface area contributed by atoms with E-state index < -0.39 is 0 Å². The second-order valence-electron chi connectivity index (χ2n) is 4.26. The number of nitrogens with zero attached hydrogens (tertiary/aromatic N) is 1. The van der Waals surface area contributed by atoms with Gasteiger partial charge >= 0.3 is 0 Å². The van der Waals surface area contributed by atoms with E-state index in [9.17, 15) is 4.79 Å². The maximum absolute atomic E-state index is 11.3. The summed E-state index contributed by atoms with van der Waals surface area (Å²) < 4.78 is 0. The van der Waals surface area contributed by atoms with Gasteiger partial charge in [-0.1, -0.05) is 25.3 Å². The van der Waals surface area contributed by atoms with Crippen molar-refractivity contribution in [2.24, 2.45) is 10.7 Å². The Morgan fingerprint density at radius 2 is 2.05 bits per heavy atom. The van der Waals surface area contributed by atoms with Gasteiger partial charge in [0.2, 0.25) is 5.91 Å². The first kappa shape index (κ1) is 17.2. The summed E-state index contributed by atoms with van der Waals surface area (Å²) in [6, 6.07) is 7.20. The van der Waals surface area contributed by atoms with Crippen molar-refractivity contribution in [1.29, 1.82) is 0 Å². The topological polar surface area (TPSA) is 91.5 Å². The quantitative estimate of drug-likeness (QED) is 0.554. The van der Waals surface area contributed by atoms with Crippen molar-refractivity contribution in [3.05, 3.63) is 61.2 Å². The summed E-state index contributed by atoms with van der Waals surface area (Å²) in [6.07, 6.45) is 5.07. The molecule has 116 valence electrons. The zero-order chi connectivity index (χ0) is 16.4. The van der Waals surface area contributed by atoms with Gasteiger partial charge < -0.3 is 21.7 Å². The molecule has 0 unspecified atom stereocenters. The van der Waals surface area contributed by atoms with E-state index in [-0.39, 0.29) is 12.5 Å². The van der Waals surface area contributed by atoms with Gasteiger partial charge in [-0.15, -0.1) is 0 Å². The van der Waals surface area contributed by atoms with Crippen LogP contribution in [0.3, 0.4) is 0 Å². The fourth-order valence-electron chi connectivity index (χ4n) is 1.55. The van der Waals surface area contributed by atoms with E-state index in [1.54, 1.807) is 24.5 Å².